The summed E-state index contributed by atoms with van der Waals surface area (Å²) in [6.45, 7) is 8.42. The van der Waals surface area contributed by atoms with Gasteiger partial charge in [0.25, 0.3) is 0 Å². The average Bonchev–Trinajstić information content (AvgIpc) is 2.54. The van der Waals surface area contributed by atoms with Gasteiger partial charge in [0.15, 0.2) is 17.3 Å². The maximum Gasteiger partial charge on any atom is 0.176 e. The van der Waals surface area contributed by atoms with E-state index in [0.29, 0.717) is 23.6 Å². The molecule has 0 aromatic heterocycles. The first-order valence-electron chi connectivity index (χ1n) is 7.34. The minimum atomic E-state index is 0.0514. The fraction of sp³-hybridized carbons (Fsp3) is 0.562. The van der Waals surface area contributed by atoms with Gasteiger partial charge in [-0.05, 0) is 31.3 Å². The Morgan fingerprint density at radius 3 is 2.38 bits per heavy atom. The van der Waals surface area contributed by atoms with Gasteiger partial charge in [-0.25, -0.2) is 0 Å². The van der Waals surface area contributed by atoms with E-state index >= 15 is 0 Å². The van der Waals surface area contributed by atoms with Gasteiger partial charge in [0.2, 0.25) is 0 Å². The quantitative estimate of drug-likeness (QED) is 0.527. The highest BCUT2D eigenvalue weighted by Gasteiger charge is 2.10. The van der Waals surface area contributed by atoms with E-state index in [9.17, 15) is 4.79 Å². The summed E-state index contributed by atoms with van der Waals surface area (Å²) in [5, 5.41) is 3.19. The summed E-state index contributed by atoms with van der Waals surface area (Å²) in [6, 6.07) is 5.23. The maximum atomic E-state index is 12.1. The van der Waals surface area contributed by atoms with Crippen LogP contribution < -0.4 is 14.8 Å². The first kappa shape index (κ1) is 17.5. The maximum absolute atomic E-state index is 12.1. The summed E-state index contributed by atoms with van der Waals surface area (Å²) in [5.41, 5.74) is 0.628. The number of ketones is 1. The van der Waals surface area contributed by atoms with E-state index in [1.807, 2.05) is 0 Å². The topological polar surface area (TPSA) is 50.8 Å². The summed E-state index contributed by atoms with van der Waals surface area (Å²) >= 11 is 0. The van der Waals surface area contributed by atoms with Crippen molar-refractivity contribution in [3.05, 3.63) is 23.8 Å². The largest absolute Gasteiger partial charge is 0.493 e. The number of carbonyl (C=O) groups is 1. The van der Waals surface area contributed by atoms with E-state index < -0.39 is 0 Å². The molecule has 0 spiro atoms. The lowest BCUT2D eigenvalue weighted by molar-refractivity contribution is 0.0990. The Hall–Kier alpha value is -1.59. The molecule has 0 aliphatic heterocycles. The molecule has 5 nitrogen and oxygen atoms in total. The van der Waals surface area contributed by atoms with E-state index in [-0.39, 0.29) is 5.78 Å². The second-order valence-corrected chi connectivity index (χ2v) is 4.70. The van der Waals surface area contributed by atoms with Crippen LogP contribution in [0.1, 0.15) is 24.2 Å². The van der Waals surface area contributed by atoms with Gasteiger partial charge in [-0.2, -0.15) is 0 Å². The number of nitrogens with one attached hydrogen (secondary N) is 1. The number of rotatable bonds is 10. The molecule has 0 radical (unpaired) electrons. The van der Waals surface area contributed by atoms with Crippen molar-refractivity contribution in [3.63, 3.8) is 0 Å². The standard InChI is InChI=1S/C16H26N2O3/c1-5-18(6-2)10-9-17-12-14(19)13-7-8-15(20-3)16(11-13)21-4/h7-8,11,17H,5-6,9-10,12H2,1-4H3. The van der Waals surface area contributed by atoms with E-state index in [1.54, 1.807) is 32.4 Å². The molecular weight excluding hydrogens is 268 g/mol. The Bertz CT molecular complexity index is 445. The van der Waals surface area contributed by atoms with Crippen LogP contribution in [0.3, 0.4) is 0 Å². The van der Waals surface area contributed by atoms with Crippen LogP contribution in [0.25, 0.3) is 0 Å². The summed E-state index contributed by atoms with van der Waals surface area (Å²) < 4.78 is 10.4. The van der Waals surface area contributed by atoms with Crippen molar-refractivity contribution in [2.24, 2.45) is 0 Å². The van der Waals surface area contributed by atoms with E-state index in [0.717, 1.165) is 26.2 Å². The van der Waals surface area contributed by atoms with Gasteiger partial charge in [-0.1, -0.05) is 13.8 Å². The molecule has 0 aliphatic carbocycles. The molecule has 0 saturated heterocycles. The zero-order valence-corrected chi connectivity index (χ0v) is 13.4. The molecule has 5 heteroatoms. The molecule has 0 bridgehead atoms. The van der Waals surface area contributed by atoms with Crippen molar-refractivity contribution in [1.29, 1.82) is 0 Å². The Morgan fingerprint density at radius 2 is 1.81 bits per heavy atom. The summed E-state index contributed by atoms with van der Waals surface area (Å²) in [4.78, 5) is 14.4. The minimum absolute atomic E-state index is 0.0514. The molecule has 0 aliphatic rings. The molecule has 1 N–H and O–H groups in total. The zero-order chi connectivity index (χ0) is 15.7. The van der Waals surface area contributed by atoms with Gasteiger partial charge >= 0.3 is 0 Å². The number of nitrogens with zero attached hydrogens (tertiary/aromatic N) is 1. The number of hydrogen-bond acceptors (Lipinski definition) is 5. The van der Waals surface area contributed by atoms with Crippen LogP contribution in [-0.2, 0) is 0 Å². The first-order valence-corrected chi connectivity index (χ1v) is 7.34. The molecule has 0 saturated carbocycles. The van der Waals surface area contributed by atoms with Crippen molar-refractivity contribution < 1.29 is 14.3 Å². The monoisotopic (exact) mass is 294 g/mol. The molecular formula is C16H26N2O3. The summed E-state index contributed by atoms with van der Waals surface area (Å²) in [5.74, 6) is 1.26. The molecule has 118 valence electrons. The highest BCUT2D eigenvalue weighted by atomic mass is 16.5. The number of ether oxygens (including phenoxy) is 2. The number of Topliss-reactive ketones (excluding diaryl/α,β-unsaturated/α-hetero) is 1. The zero-order valence-electron chi connectivity index (χ0n) is 13.4. The van der Waals surface area contributed by atoms with Crippen LogP contribution in [-0.4, -0.2) is 57.6 Å². The van der Waals surface area contributed by atoms with Gasteiger partial charge < -0.3 is 19.7 Å². The number of benzene rings is 1. The molecule has 1 rings (SSSR count). The summed E-state index contributed by atoms with van der Waals surface area (Å²) in [7, 11) is 3.14. The predicted octanol–water partition coefficient (Wildman–Crippen LogP) is 1.82. The minimum Gasteiger partial charge on any atom is -0.493 e. The van der Waals surface area contributed by atoms with Crippen molar-refractivity contribution in [2.75, 3.05) is 46.9 Å². The second-order valence-electron chi connectivity index (χ2n) is 4.70. The van der Waals surface area contributed by atoms with Gasteiger partial charge in [0.05, 0.1) is 20.8 Å². The van der Waals surface area contributed by atoms with Crippen molar-refractivity contribution >= 4 is 5.78 Å². The Morgan fingerprint density at radius 1 is 1.14 bits per heavy atom. The third kappa shape index (κ3) is 5.36. The Balaban J connectivity index is 2.49. The Kier molecular flexibility index (Phi) is 7.79. The molecule has 0 unspecified atom stereocenters. The third-order valence-electron chi connectivity index (χ3n) is 3.49. The number of hydrogen-bond donors (Lipinski definition) is 1. The van der Waals surface area contributed by atoms with Crippen molar-refractivity contribution in [1.82, 2.24) is 10.2 Å². The lowest BCUT2D eigenvalue weighted by Crippen LogP contribution is -2.34. The number of carbonyl (C=O) groups excluding carboxylic acids is 1. The molecule has 1 aromatic rings. The number of methoxy groups -OCH3 is 2. The molecule has 0 heterocycles. The van der Waals surface area contributed by atoms with Gasteiger partial charge in [-0.3, -0.25) is 4.79 Å². The van der Waals surface area contributed by atoms with Crippen LogP contribution in [0, 0.1) is 0 Å². The number of likely N-dealkylation sites (N-methyl/N-ethyl adjacent to an activating group) is 1. The fourth-order valence-electron chi connectivity index (χ4n) is 2.09. The Labute approximate surface area is 127 Å². The van der Waals surface area contributed by atoms with Crippen molar-refractivity contribution in [3.8, 4) is 11.5 Å². The van der Waals surface area contributed by atoms with E-state index in [4.69, 9.17) is 9.47 Å². The molecule has 0 amide bonds. The highest BCUT2D eigenvalue weighted by molar-refractivity contribution is 5.98. The molecule has 1 aromatic carbocycles. The SMILES string of the molecule is CCN(CC)CCNCC(=O)c1ccc(OC)c(OC)c1. The van der Waals surface area contributed by atoms with E-state index in [1.165, 1.54) is 0 Å². The molecule has 21 heavy (non-hydrogen) atoms. The highest BCUT2D eigenvalue weighted by Crippen LogP contribution is 2.27. The fourth-order valence-corrected chi connectivity index (χ4v) is 2.09. The van der Waals surface area contributed by atoms with Crippen LogP contribution in [0.2, 0.25) is 0 Å². The van der Waals surface area contributed by atoms with Gasteiger partial charge in [0.1, 0.15) is 0 Å². The first-order chi connectivity index (χ1) is 10.2. The molecule has 0 fully saturated rings. The second kappa shape index (κ2) is 9.37. The summed E-state index contributed by atoms with van der Waals surface area (Å²) in [6.07, 6.45) is 0. The normalized spacial score (nSPS) is 10.7. The van der Waals surface area contributed by atoms with E-state index in [2.05, 4.69) is 24.1 Å². The smallest absolute Gasteiger partial charge is 0.176 e. The lowest BCUT2D eigenvalue weighted by atomic mass is 10.1. The van der Waals surface area contributed by atoms with Crippen LogP contribution >= 0.6 is 0 Å². The van der Waals surface area contributed by atoms with Gasteiger partial charge in [-0.15, -0.1) is 0 Å². The third-order valence-corrected chi connectivity index (χ3v) is 3.49. The van der Waals surface area contributed by atoms with Crippen LogP contribution in [0.5, 0.6) is 11.5 Å². The molecule has 0 atom stereocenters. The predicted molar refractivity (Wildman–Crippen MR) is 84.5 cm³/mol. The van der Waals surface area contributed by atoms with Crippen molar-refractivity contribution in [2.45, 2.75) is 13.8 Å². The lowest BCUT2D eigenvalue weighted by Gasteiger charge is -2.17. The average molecular weight is 294 g/mol. The van der Waals surface area contributed by atoms with Crippen LogP contribution in [0.4, 0.5) is 0 Å². The van der Waals surface area contributed by atoms with Gasteiger partial charge in [0, 0.05) is 18.7 Å². The van der Waals surface area contributed by atoms with Crippen LogP contribution in [0.15, 0.2) is 18.2 Å².